The number of hydrogen-bond donors (Lipinski definition) is 3. The number of carbonyl (C=O) groups is 1. The highest BCUT2D eigenvalue weighted by molar-refractivity contribution is 5.57. The third kappa shape index (κ3) is 13.9. The number of halogens is 3. The average Bonchev–Trinajstić information content (AvgIpc) is 3.51. The molecule has 0 radical (unpaired) electrons. The van der Waals surface area contributed by atoms with Gasteiger partial charge in [-0.05, 0) is 75.6 Å². The molecule has 14 heteroatoms. The Labute approximate surface area is 277 Å². The van der Waals surface area contributed by atoms with Crippen LogP contribution in [0.2, 0.25) is 0 Å². The number of carbonyl (C=O) groups excluding carboxylic acids is 1. The number of methoxy groups -OCH3 is 1. The Morgan fingerprint density at radius 1 is 1.26 bits per heavy atom. The van der Waals surface area contributed by atoms with Gasteiger partial charge in [-0.2, -0.15) is 5.06 Å². The lowest BCUT2D eigenvalue weighted by Gasteiger charge is -2.35. The van der Waals surface area contributed by atoms with Crippen LogP contribution in [0.15, 0.2) is 53.1 Å². The molecule has 0 amide bonds. The van der Waals surface area contributed by atoms with Crippen LogP contribution in [0.5, 0.6) is 5.88 Å². The summed E-state index contributed by atoms with van der Waals surface area (Å²) in [6.45, 7) is 9.96. The molecule has 2 aliphatic heterocycles. The lowest BCUT2D eigenvalue weighted by molar-refractivity contribution is -0.276. The Bertz CT molecular complexity index is 1180. The molecule has 3 aliphatic rings. The first-order valence-corrected chi connectivity index (χ1v) is 16.2. The van der Waals surface area contributed by atoms with Crippen LogP contribution in [0.4, 0.5) is 18.9 Å². The summed E-state index contributed by atoms with van der Waals surface area (Å²) in [5, 5.41) is 7.99. The van der Waals surface area contributed by atoms with Crippen LogP contribution in [-0.2, 0) is 19.1 Å². The first kappa shape index (κ1) is 40.2. The Hall–Kier alpha value is -3.01. The zero-order valence-corrected chi connectivity index (χ0v) is 28.6. The molecule has 1 aliphatic carbocycles. The maximum atomic E-state index is 12.5. The van der Waals surface area contributed by atoms with Gasteiger partial charge < -0.3 is 35.4 Å². The maximum Gasteiger partial charge on any atom is 0.574 e. The molecule has 266 valence electrons. The number of alkyl halides is 3. The fourth-order valence-electron chi connectivity index (χ4n) is 5.39. The zero-order valence-electron chi connectivity index (χ0n) is 28.6. The lowest BCUT2D eigenvalue weighted by atomic mass is 9.95. The number of anilines is 1. The van der Waals surface area contributed by atoms with Crippen LogP contribution in [0.3, 0.4) is 0 Å². The molecule has 1 aromatic rings. The molecule has 1 fully saturated rings. The topological polar surface area (TPSA) is 123 Å². The SMILES string of the molecule is CC.CN.CNC/C(=C\Nc1ccnc(OC(F)(F)F)c1)CN1CC[C@H](OC2=CC3=C(CC2)CON(C(C=O)CCC(C)OC)C3)C1. The zero-order chi connectivity index (χ0) is 34.8. The van der Waals surface area contributed by atoms with Gasteiger partial charge in [0.15, 0.2) is 0 Å². The van der Waals surface area contributed by atoms with Crippen LogP contribution in [0.25, 0.3) is 0 Å². The molecule has 4 rings (SSSR count). The van der Waals surface area contributed by atoms with E-state index in [0.29, 0.717) is 38.3 Å². The van der Waals surface area contributed by atoms with Crippen molar-refractivity contribution >= 4 is 12.0 Å². The van der Waals surface area contributed by atoms with E-state index in [1.165, 1.54) is 30.5 Å². The van der Waals surface area contributed by atoms with Gasteiger partial charge in [-0.25, -0.2) is 4.98 Å². The van der Waals surface area contributed by atoms with E-state index in [4.69, 9.17) is 14.3 Å². The second-order valence-corrected chi connectivity index (χ2v) is 11.1. The number of hydrogen-bond acceptors (Lipinski definition) is 11. The molecule has 1 aromatic heterocycles. The number of likely N-dealkylation sites (tertiary alicyclic amines) is 1. The quantitative estimate of drug-likeness (QED) is 0.223. The number of allylic oxidation sites excluding steroid dienone is 1. The average molecular weight is 671 g/mol. The number of likely N-dealkylation sites (N-methyl/N-ethyl adjacent to an activating group) is 1. The van der Waals surface area contributed by atoms with E-state index in [0.717, 1.165) is 56.4 Å². The monoisotopic (exact) mass is 670 g/mol. The van der Waals surface area contributed by atoms with Crippen molar-refractivity contribution in [2.24, 2.45) is 5.73 Å². The number of hydroxylamine groups is 2. The Balaban J connectivity index is 0.00000185. The third-order valence-electron chi connectivity index (χ3n) is 7.77. The molecule has 3 atom stereocenters. The summed E-state index contributed by atoms with van der Waals surface area (Å²) >= 11 is 0. The van der Waals surface area contributed by atoms with Gasteiger partial charge >= 0.3 is 6.36 Å². The molecule has 0 spiro atoms. The molecule has 11 nitrogen and oxygen atoms in total. The summed E-state index contributed by atoms with van der Waals surface area (Å²) in [4.78, 5) is 23.7. The van der Waals surface area contributed by atoms with Gasteiger partial charge in [-0.15, -0.1) is 13.2 Å². The van der Waals surface area contributed by atoms with E-state index >= 15 is 0 Å². The number of nitrogens with one attached hydrogen (secondary N) is 2. The van der Waals surface area contributed by atoms with E-state index < -0.39 is 12.2 Å². The minimum absolute atomic E-state index is 0.0636. The highest BCUT2D eigenvalue weighted by Gasteiger charge is 2.32. The van der Waals surface area contributed by atoms with Crippen molar-refractivity contribution in [2.45, 2.75) is 77.5 Å². The largest absolute Gasteiger partial charge is 0.574 e. The molecule has 47 heavy (non-hydrogen) atoms. The summed E-state index contributed by atoms with van der Waals surface area (Å²) < 4.78 is 53.3. The Kier molecular flexibility index (Phi) is 18.0. The highest BCUT2D eigenvalue weighted by atomic mass is 19.4. The van der Waals surface area contributed by atoms with E-state index in [1.54, 1.807) is 24.4 Å². The number of rotatable bonds is 15. The number of ether oxygens (including phenoxy) is 3. The van der Waals surface area contributed by atoms with Crippen molar-refractivity contribution in [1.82, 2.24) is 20.3 Å². The van der Waals surface area contributed by atoms with Crippen molar-refractivity contribution in [1.29, 1.82) is 0 Å². The second kappa shape index (κ2) is 21.1. The van der Waals surface area contributed by atoms with E-state index in [2.05, 4.69) is 37.1 Å². The first-order chi connectivity index (χ1) is 22.6. The smallest absolute Gasteiger partial charge is 0.493 e. The summed E-state index contributed by atoms with van der Waals surface area (Å²) in [5.41, 5.74) is 8.40. The van der Waals surface area contributed by atoms with E-state index in [-0.39, 0.29) is 18.2 Å². The predicted molar refractivity (Wildman–Crippen MR) is 176 cm³/mol. The third-order valence-corrected chi connectivity index (χ3v) is 7.77. The molecule has 1 saturated heterocycles. The first-order valence-electron chi connectivity index (χ1n) is 16.2. The highest BCUT2D eigenvalue weighted by Crippen LogP contribution is 2.31. The fourth-order valence-corrected chi connectivity index (χ4v) is 5.39. The Morgan fingerprint density at radius 3 is 2.70 bits per heavy atom. The van der Waals surface area contributed by atoms with Crippen LogP contribution in [-0.4, -0.2) is 106 Å². The molecular weight excluding hydrogens is 617 g/mol. The fraction of sp³-hybridized carbons (Fsp3) is 0.636. The molecule has 0 bridgehead atoms. The minimum Gasteiger partial charge on any atom is -0.493 e. The van der Waals surface area contributed by atoms with Crippen molar-refractivity contribution in [3.05, 3.63) is 53.1 Å². The molecule has 0 aromatic carbocycles. The van der Waals surface area contributed by atoms with Crippen molar-refractivity contribution in [3.8, 4) is 5.88 Å². The van der Waals surface area contributed by atoms with Gasteiger partial charge in [0.2, 0.25) is 5.88 Å². The van der Waals surface area contributed by atoms with Gasteiger partial charge in [0, 0.05) is 63.9 Å². The maximum absolute atomic E-state index is 12.5. The number of nitrogens with two attached hydrogens (primary N) is 1. The lowest BCUT2D eigenvalue weighted by Crippen LogP contribution is -2.42. The molecule has 2 unspecified atom stereocenters. The van der Waals surface area contributed by atoms with Gasteiger partial charge in [0.25, 0.3) is 0 Å². The van der Waals surface area contributed by atoms with Crippen molar-refractivity contribution < 1.29 is 37.0 Å². The van der Waals surface area contributed by atoms with Gasteiger partial charge in [0.1, 0.15) is 12.4 Å². The van der Waals surface area contributed by atoms with Gasteiger partial charge in [-0.3, -0.25) is 9.74 Å². The van der Waals surface area contributed by atoms with Gasteiger partial charge in [0.05, 0.1) is 31.1 Å². The second-order valence-electron chi connectivity index (χ2n) is 11.1. The van der Waals surface area contributed by atoms with Crippen molar-refractivity contribution in [3.63, 3.8) is 0 Å². The number of aromatic nitrogens is 1. The van der Waals surface area contributed by atoms with Crippen LogP contribution < -0.4 is 21.1 Å². The van der Waals surface area contributed by atoms with E-state index in [9.17, 15) is 18.0 Å². The number of aldehydes is 1. The molecule has 0 saturated carbocycles. The standard InChI is InChI=1S/C30H42F3N5O5.C2H6.CH5N/c1-21(40-3)4-6-26(19-39)38-17-24-12-27(7-5-23(24)20-41-38)42-28-9-11-37(18-28)16-22(14-34-2)15-36-25-8-10-35-29(13-25)43-30(31,32)33;2*1-2/h8,10,12-13,15,19,21,26,28,34H,4-7,9,11,14,16-18,20H2,1-3H3,(H,35,36);1-2H3;2H2,1H3/b22-15+;;/t21?,26?,28-;;/m0../s1. The number of pyridine rings is 1. The van der Waals surface area contributed by atoms with Crippen LogP contribution >= 0.6 is 0 Å². The van der Waals surface area contributed by atoms with Crippen LogP contribution in [0, 0.1) is 0 Å². The molecule has 3 heterocycles. The minimum atomic E-state index is -4.80. The van der Waals surface area contributed by atoms with E-state index in [1.807, 2.05) is 27.8 Å². The predicted octanol–water partition coefficient (Wildman–Crippen LogP) is 4.79. The van der Waals surface area contributed by atoms with Crippen molar-refractivity contribution in [2.75, 3.05) is 65.9 Å². The normalized spacial score (nSPS) is 20.1. The van der Waals surface area contributed by atoms with Gasteiger partial charge in [-0.1, -0.05) is 13.8 Å². The summed E-state index contributed by atoms with van der Waals surface area (Å²) in [5.74, 6) is 0.444. The van der Waals surface area contributed by atoms with Crippen LogP contribution in [0.1, 0.15) is 52.9 Å². The molecule has 4 N–H and O–H groups in total. The Morgan fingerprint density at radius 2 is 2.02 bits per heavy atom. The summed E-state index contributed by atoms with van der Waals surface area (Å²) in [6.07, 6.45) is 5.52. The number of nitrogens with zero attached hydrogens (tertiary/aromatic N) is 3. The molecular formula is C33H53F3N6O5. The summed E-state index contributed by atoms with van der Waals surface area (Å²) in [7, 11) is 5.02. The summed E-state index contributed by atoms with van der Waals surface area (Å²) in [6, 6.07) is 2.46.